The molecule has 0 aliphatic rings. The van der Waals surface area contributed by atoms with Gasteiger partial charge in [-0.1, -0.05) is 13.8 Å². The molecule has 0 atom stereocenters. The smallest absolute Gasteiger partial charge is 0.154 e. The minimum absolute atomic E-state index is 0.470. The molecule has 0 amide bonds. The fourth-order valence-corrected chi connectivity index (χ4v) is 2.58. The fraction of sp³-hybridized carbons (Fsp3) is 0.571. The lowest BCUT2D eigenvalue weighted by Gasteiger charge is -2.31. The van der Waals surface area contributed by atoms with E-state index in [1.54, 1.807) is 6.20 Å². The Morgan fingerprint density at radius 1 is 1.37 bits per heavy atom. The van der Waals surface area contributed by atoms with Crippen molar-refractivity contribution in [3.8, 4) is 0 Å². The SMILES string of the molecule is CCC(CC)N(CCN)c1nccn2nc(C)cc12. The molecule has 2 heterocycles. The number of aromatic nitrogens is 3. The number of nitrogens with two attached hydrogens (primary N) is 1. The van der Waals surface area contributed by atoms with Crippen molar-refractivity contribution < 1.29 is 0 Å². The zero-order chi connectivity index (χ0) is 13.8. The van der Waals surface area contributed by atoms with Gasteiger partial charge in [-0.05, 0) is 25.8 Å². The highest BCUT2D eigenvalue weighted by Gasteiger charge is 2.19. The third-order valence-corrected chi connectivity index (χ3v) is 3.52. The molecule has 0 aromatic carbocycles. The van der Waals surface area contributed by atoms with E-state index in [2.05, 4.69) is 34.9 Å². The molecule has 2 N–H and O–H groups in total. The van der Waals surface area contributed by atoms with E-state index in [-0.39, 0.29) is 0 Å². The van der Waals surface area contributed by atoms with Crippen LogP contribution in [0.5, 0.6) is 0 Å². The molecule has 0 bridgehead atoms. The lowest BCUT2D eigenvalue weighted by Crippen LogP contribution is -2.39. The van der Waals surface area contributed by atoms with Crippen LogP contribution >= 0.6 is 0 Å². The number of aryl methyl sites for hydroxylation is 1. The van der Waals surface area contributed by atoms with Gasteiger partial charge < -0.3 is 10.6 Å². The summed E-state index contributed by atoms with van der Waals surface area (Å²) in [6.07, 6.45) is 5.87. The van der Waals surface area contributed by atoms with Gasteiger partial charge in [-0.15, -0.1) is 0 Å². The molecule has 5 nitrogen and oxygen atoms in total. The maximum atomic E-state index is 5.77. The van der Waals surface area contributed by atoms with Gasteiger partial charge in [0.25, 0.3) is 0 Å². The number of hydrogen-bond donors (Lipinski definition) is 1. The number of nitrogens with zero attached hydrogens (tertiary/aromatic N) is 4. The Bertz CT molecular complexity index is 530. The average molecular weight is 261 g/mol. The average Bonchev–Trinajstić information content (AvgIpc) is 2.79. The van der Waals surface area contributed by atoms with Crippen LogP contribution in [0.15, 0.2) is 18.5 Å². The molecule has 2 aromatic heterocycles. The summed E-state index contributed by atoms with van der Waals surface area (Å²) >= 11 is 0. The van der Waals surface area contributed by atoms with Gasteiger partial charge >= 0.3 is 0 Å². The van der Waals surface area contributed by atoms with Crippen molar-refractivity contribution >= 4 is 11.3 Å². The van der Waals surface area contributed by atoms with E-state index < -0.39 is 0 Å². The molecular formula is C14H23N5. The molecule has 0 saturated carbocycles. The first-order valence-electron chi connectivity index (χ1n) is 6.98. The zero-order valence-electron chi connectivity index (χ0n) is 12.0. The van der Waals surface area contributed by atoms with Gasteiger partial charge in [-0.3, -0.25) is 0 Å². The minimum atomic E-state index is 0.470. The highest BCUT2D eigenvalue weighted by atomic mass is 15.3. The van der Waals surface area contributed by atoms with Gasteiger partial charge in [0.15, 0.2) is 5.82 Å². The van der Waals surface area contributed by atoms with Gasteiger partial charge in [0.1, 0.15) is 5.52 Å². The highest BCUT2D eigenvalue weighted by Crippen LogP contribution is 2.23. The molecule has 0 fully saturated rings. The van der Waals surface area contributed by atoms with Crippen LogP contribution < -0.4 is 10.6 Å². The fourth-order valence-electron chi connectivity index (χ4n) is 2.58. The quantitative estimate of drug-likeness (QED) is 0.864. The minimum Gasteiger partial charge on any atom is -0.351 e. The van der Waals surface area contributed by atoms with Crippen LogP contribution in [0.3, 0.4) is 0 Å². The first-order valence-corrected chi connectivity index (χ1v) is 6.98. The van der Waals surface area contributed by atoms with E-state index in [1.165, 1.54) is 0 Å². The van der Waals surface area contributed by atoms with Crippen molar-refractivity contribution in [2.24, 2.45) is 5.73 Å². The highest BCUT2D eigenvalue weighted by molar-refractivity contribution is 5.69. The van der Waals surface area contributed by atoms with Crippen molar-refractivity contribution in [1.29, 1.82) is 0 Å². The largest absolute Gasteiger partial charge is 0.351 e. The first kappa shape index (κ1) is 13.8. The molecule has 0 unspecified atom stereocenters. The topological polar surface area (TPSA) is 59.5 Å². The van der Waals surface area contributed by atoms with Crippen molar-refractivity contribution in [2.75, 3.05) is 18.0 Å². The zero-order valence-corrected chi connectivity index (χ0v) is 12.0. The Balaban J connectivity index is 2.48. The van der Waals surface area contributed by atoms with E-state index in [0.29, 0.717) is 12.6 Å². The van der Waals surface area contributed by atoms with Crippen molar-refractivity contribution in [3.05, 3.63) is 24.2 Å². The van der Waals surface area contributed by atoms with Gasteiger partial charge in [0.05, 0.1) is 5.69 Å². The van der Waals surface area contributed by atoms with E-state index >= 15 is 0 Å². The van der Waals surface area contributed by atoms with E-state index in [0.717, 1.165) is 36.4 Å². The van der Waals surface area contributed by atoms with Crippen LogP contribution in [0.1, 0.15) is 32.4 Å². The molecule has 0 aliphatic carbocycles. The third-order valence-electron chi connectivity index (χ3n) is 3.52. The normalized spacial score (nSPS) is 11.4. The summed E-state index contributed by atoms with van der Waals surface area (Å²) in [6.45, 7) is 7.87. The molecule has 104 valence electrons. The lowest BCUT2D eigenvalue weighted by atomic mass is 10.1. The Labute approximate surface area is 114 Å². The maximum absolute atomic E-state index is 5.77. The summed E-state index contributed by atoms with van der Waals surface area (Å²) < 4.78 is 1.89. The summed E-state index contributed by atoms with van der Waals surface area (Å²) in [5.41, 5.74) is 7.83. The van der Waals surface area contributed by atoms with Crippen molar-refractivity contribution in [1.82, 2.24) is 14.6 Å². The Kier molecular flexibility index (Phi) is 4.37. The summed E-state index contributed by atoms with van der Waals surface area (Å²) in [4.78, 5) is 6.88. The second kappa shape index (κ2) is 6.02. The molecule has 2 aromatic rings. The van der Waals surface area contributed by atoms with Crippen LogP contribution in [-0.4, -0.2) is 33.7 Å². The Hall–Kier alpha value is -1.62. The van der Waals surface area contributed by atoms with Crippen LogP contribution in [0.25, 0.3) is 5.52 Å². The van der Waals surface area contributed by atoms with Gasteiger partial charge in [0, 0.05) is 31.5 Å². The summed E-state index contributed by atoms with van der Waals surface area (Å²) in [6, 6.07) is 2.55. The van der Waals surface area contributed by atoms with Gasteiger partial charge in [-0.2, -0.15) is 5.10 Å². The number of rotatable bonds is 6. The molecule has 0 radical (unpaired) electrons. The van der Waals surface area contributed by atoms with Gasteiger partial charge in [-0.25, -0.2) is 9.50 Å². The third kappa shape index (κ3) is 2.71. The monoisotopic (exact) mass is 261 g/mol. The van der Waals surface area contributed by atoms with Crippen LogP contribution in [-0.2, 0) is 0 Å². The summed E-state index contributed by atoms with van der Waals surface area (Å²) in [7, 11) is 0. The standard InChI is InChI=1S/C14H23N5/c1-4-12(5-2)18(8-6-15)14-13-10-11(3)17-19(13)9-7-16-14/h7,9-10,12H,4-6,8,15H2,1-3H3. The predicted molar refractivity (Wildman–Crippen MR) is 78.5 cm³/mol. The first-order chi connectivity index (χ1) is 9.21. The molecule has 0 spiro atoms. The Morgan fingerprint density at radius 3 is 2.74 bits per heavy atom. The van der Waals surface area contributed by atoms with Crippen LogP contribution in [0.4, 0.5) is 5.82 Å². The van der Waals surface area contributed by atoms with E-state index in [1.807, 2.05) is 17.6 Å². The van der Waals surface area contributed by atoms with Crippen molar-refractivity contribution in [3.63, 3.8) is 0 Å². The molecule has 0 aliphatic heterocycles. The van der Waals surface area contributed by atoms with Gasteiger partial charge in [0.2, 0.25) is 0 Å². The predicted octanol–water partition coefficient (Wildman–Crippen LogP) is 1.99. The van der Waals surface area contributed by atoms with Crippen LogP contribution in [0, 0.1) is 6.92 Å². The Morgan fingerprint density at radius 2 is 2.11 bits per heavy atom. The molecule has 5 heteroatoms. The lowest BCUT2D eigenvalue weighted by molar-refractivity contribution is 0.554. The maximum Gasteiger partial charge on any atom is 0.154 e. The molecule has 19 heavy (non-hydrogen) atoms. The number of anilines is 1. The van der Waals surface area contributed by atoms with E-state index in [4.69, 9.17) is 5.73 Å². The van der Waals surface area contributed by atoms with E-state index in [9.17, 15) is 0 Å². The summed E-state index contributed by atoms with van der Waals surface area (Å²) in [5, 5.41) is 4.45. The second-order valence-electron chi connectivity index (χ2n) is 4.82. The molecular weight excluding hydrogens is 238 g/mol. The molecule has 2 rings (SSSR count). The number of hydrogen-bond acceptors (Lipinski definition) is 4. The summed E-state index contributed by atoms with van der Waals surface area (Å²) in [5.74, 6) is 0.988. The van der Waals surface area contributed by atoms with Crippen LogP contribution in [0.2, 0.25) is 0 Å². The number of fused-ring (bicyclic) bond motifs is 1. The second-order valence-corrected chi connectivity index (χ2v) is 4.82. The molecule has 0 saturated heterocycles. The van der Waals surface area contributed by atoms with Crippen molar-refractivity contribution in [2.45, 2.75) is 39.7 Å².